The van der Waals surface area contributed by atoms with Crippen LogP contribution in [0, 0.1) is 0 Å². The van der Waals surface area contributed by atoms with Crippen molar-refractivity contribution in [1.29, 1.82) is 0 Å². The molecule has 3 aromatic rings. The van der Waals surface area contributed by atoms with E-state index < -0.39 is 0 Å². The van der Waals surface area contributed by atoms with Gasteiger partial charge >= 0.3 is 0 Å². The molecule has 0 aliphatic carbocycles. The van der Waals surface area contributed by atoms with E-state index in [0.29, 0.717) is 5.56 Å². The Bertz CT molecular complexity index is 969. The SMILES string of the molecule is CN1C(=O)CN(Nc2ccc(C(=O)Nc3ccno3)cc2)c2ccccc21. The fourth-order valence-electron chi connectivity index (χ4n) is 2.85. The quantitative estimate of drug-likeness (QED) is 0.741. The van der Waals surface area contributed by atoms with E-state index in [1.165, 1.54) is 6.20 Å². The lowest BCUT2D eigenvalue weighted by Gasteiger charge is -2.35. The van der Waals surface area contributed by atoms with Crippen LogP contribution in [-0.2, 0) is 4.79 Å². The number of nitrogens with one attached hydrogen (secondary N) is 2. The summed E-state index contributed by atoms with van der Waals surface area (Å²) in [6, 6.07) is 16.2. The van der Waals surface area contributed by atoms with Crippen molar-refractivity contribution in [2.45, 2.75) is 0 Å². The first kappa shape index (κ1) is 16.6. The number of likely N-dealkylation sites (N-methyl/N-ethyl adjacent to an activating group) is 1. The zero-order valence-corrected chi connectivity index (χ0v) is 14.5. The predicted octanol–water partition coefficient (Wildman–Crippen LogP) is 2.74. The smallest absolute Gasteiger partial charge is 0.258 e. The number of aromatic nitrogens is 1. The number of anilines is 4. The minimum atomic E-state index is -0.293. The van der Waals surface area contributed by atoms with Crippen LogP contribution in [0.25, 0.3) is 0 Å². The number of amides is 2. The maximum absolute atomic E-state index is 12.2. The number of hydrogen-bond donors (Lipinski definition) is 2. The number of carbonyl (C=O) groups excluding carboxylic acids is 2. The molecular formula is C19H17N5O3. The van der Waals surface area contributed by atoms with Crippen molar-refractivity contribution in [1.82, 2.24) is 5.16 Å². The largest absolute Gasteiger partial charge is 0.338 e. The molecule has 136 valence electrons. The third-order valence-electron chi connectivity index (χ3n) is 4.29. The molecular weight excluding hydrogens is 346 g/mol. The lowest BCUT2D eigenvalue weighted by molar-refractivity contribution is -0.117. The van der Waals surface area contributed by atoms with E-state index in [1.54, 1.807) is 47.3 Å². The van der Waals surface area contributed by atoms with Gasteiger partial charge in [-0.1, -0.05) is 17.3 Å². The van der Waals surface area contributed by atoms with Gasteiger partial charge in [0.1, 0.15) is 6.54 Å². The number of fused-ring (bicyclic) bond motifs is 1. The highest BCUT2D eigenvalue weighted by atomic mass is 16.5. The monoisotopic (exact) mass is 363 g/mol. The maximum Gasteiger partial charge on any atom is 0.258 e. The van der Waals surface area contributed by atoms with E-state index in [2.05, 4.69) is 15.9 Å². The van der Waals surface area contributed by atoms with Crippen LogP contribution < -0.4 is 20.7 Å². The topological polar surface area (TPSA) is 90.7 Å². The van der Waals surface area contributed by atoms with Crippen molar-refractivity contribution >= 4 is 34.8 Å². The molecule has 1 aliphatic heterocycles. The summed E-state index contributed by atoms with van der Waals surface area (Å²) in [5, 5.41) is 7.95. The molecule has 2 amide bonds. The Morgan fingerprint density at radius 1 is 1.07 bits per heavy atom. The van der Waals surface area contributed by atoms with Crippen molar-refractivity contribution < 1.29 is 14.1 Å². The summed E-state index contributed by atoms with van der Waals surface area (Å²) in [5.74, 6) is -0.0163. The van der Waals surface area contributed by atoms with Crippen LogP contribution in [0.4, 0.5) is 22.9 Å². The summed E-state index contributed by atoms with van der Waals surface area (Å²) in [4.78, 5) is 26.0. The molecule has 0 unspecified atom stereocenters. The number of carbonyl (C=O) groups is 2. The first-order valence-corrected chi connectivity index (χ1v) is 8.34. The van der Waals surface area contributed by atoms with Crippen LogP contribution in [0.5, 0.6) is 0 Å². The molecule has 2 heterocycles. The maximum atomic E-state index is 12.2. The molecule has 4 rings (SSSR count). The van der Waals surface area contributed by atoms with Gasteiger partial charge in [-0.25, -0.2) is 0 Å². The Labute approximate surface area is 155 Å². The fourth-order valence-corrected chi connectivity index (χ4v) is 2.85. The van der Waals surface area contributed by atoms with Crippen molar-refractivity contribution in [3.05, 3.63) is 66.4 Å². The van der Waals surface area contributed by atoms with Gasteiger partial charge in [0.25, 0.3) is 5.91 Å². The Morgan fingerprint density at radius 2 is 1.81 bits per heavy atom. The Balaban J connectivity index is 1.49. The predicted molar refractivity (Wildman–Crippen MR) is 102 cm³/mol. The molecule has 0 bridgehead atoms. The summed E-state index contributed by atoms with van der Waals surface area (Å²) in [6.45, 7) is 0.210. The zero-order chi connectivity index (χ0) is 18.8. The minimum absolute atomic E-state index is 0.00995. The van der Waals surface area contributed by atoms with Crippen LogP contribution in [-0.4, -0.2) is 30.6 Å². The first-order chi connectivity index (χ1) is 13.1. The second kappa shape index (κ2) is 6.83. The van der Waals surface area contributed by atoms with Crippen molar-refractivity contribution in [2.75, 3.05) is 34.2 Å². The second-order valence-corrected chi connectivity index (χ2v) is 6.05. The van der Waals surface area contributed by atoms with Gasteiger partial charge in [-0.2, -0.15) is 0 Å². The van der Waals surface area contributed by atoms with Gasteiger partial charge in [-0.05, 0) is 36.4 Å². The van der Waals surface area contributed by atoms with E-state index in [1.807, 2.05) is 24.3 Å². The molecule has 2 aromatic carbocycles. The summed E-state index contributed by atoms with van der Waals surface area (Å²) in [5.41, 5.74) is 6.21. The standard InChI is InChI=1S/C19H17N5O3/c1-23-15-4-2-3-5-16(15)24(12-18(23)25)22-14-8-6-13(7-9-14)19(26)21-17-10-11-20-27-17/h2-11,22H,12H2,1H3,(H,21,26). The number of rotatable bonds is 4. The van der Waals surface area contributed by atoms with E-state index in [4.69, 9.17) is 4.52 Å². The summed E-state index contributed by atoms with van der Waals surface area (Å²) in [6.07, 6.45) is 1.46. The van der Waals surface area contributed by atoms with Gasteiger partial charge in [0, 0.05) is 18.7 Å². The molecule has 1 aliphatic rings. The van der Waals surface area contributed by atoms with Gasteiger partial charge in [-0.3, -0.25) is 25.3 Å². The first-order valence-electron chi connectivity index (χ1n) is 8.34. The molecule has 0 spiro atoms. The highest BCUT2D eigenvalue weighted by Gasteiger charge is 2.26. The molecule has 0 radical (unpaired) electrons. The number of benzene rings is 2. The number of nitrogens with zero attached hydrogens (tertiary/aromatic N) is 3. The summed E-state index contributed by atoms with van der Waals surface area (Å²) < 4.78 is 4.87. The van der Waals surface area contributed by atoms with Crippen LogP contribution in [0.1, 0.15) is 10.4 Å². The summed E-state index contributed by atoms with van der Waals surface area (Å²) >= 11 is 0. The van der Waals surface area contributed by atoms with E-state index >= 15 is 0 Å². The van der Waals surface area contributed by atoms with Crippen molar-refractivity contribution in [3.8, 4) is 0 Å². The van der Waals surface area contributed by atoms with Gasteiger partial charge < -0.3 is 9.42 Å². The lowest BCUT2D eigenvalue weighted by atomic mass is 10.2. The zero-order valence-electron chi connectivity index (χ0n) is 14.5. The van der Waals surface area contributed by atoms with Crippen LogP contribution >= 0.6 is 0 Å². The fraction of sp³-hybridized carbons (Fsp3) is 0.105. The number of hydrazine groups is 1. The van der Waals surface area contributed by atoms with Gasteiger partial charge in [0.15, 0.2) is 0 Å². The van der Waals surface area contributed by atoms with Gasteiger partial charge in [0.2, 0.25) is 11.8 Å². The normalized spacial score (nSPS) is 13.3. The van der Waals surface area contributed by atoms with Gasteiger partial charge in [-0.15, -0.1) is 0 Å². The Morgan fingerprint density at radius 3 is 2.52 bits per heavy atom. The minimum Gasteiger partial charge on any atom is -0.338 e. The molecule has 0 fully saturated rings. The number of para-hydroxylation sites is 2. The van der Waals surface area contributed by atoms with Crippen LogP contribution in [0.3, 0.4) is 0 Å². The Hall–Kier alpha value is -3.81. The molecule has 0 saturated carbocycles. The molecule has 8 nitrogen and oxygen atoms in total. The average molecular weight is 363 g/mol. The van der Waals surface area contributed by atoms with Crippen molar-refractivity contribution in [3.63, 3.8) is 0 Å². The molecule has 0 atom stereocenters. The highest BCUT2D eigenvalue weighted by Crippen LogP contribution is 2.32. The highest BCUT2D eigenvalue weighted by molar-refractivity contribution is 6.04. The lowest BCUT2D eigenvalue weighted by Crippen LogP contribution is -2.46. The van der Waals surface area contributed by atoms with Crippen molar-refractivity contribution in [2.24, 2.45) is 0 Å². The number of hydrogen-bond acceptors (Lipinski definition) is 6. The van der Waals surface area contributed by atoms with E-state index in [-0.39, 0.29) is 24.2 Å². The molecule has 8 heteroatoms. The summed E-state index contributed by atoms with van der Waals surface area (Å²) in [7, 11) is 1.76. The third-order valence-corrected chi connectivity index (χ3v) is 4.29. The molecule has 1 aromatic heterocycles. The molecule has 0 saturated heterocycles. The average Bonchev–Trinajstić information content (AvgIpc) is 3.19. The van der Waals surface area contributed by atoms with E-state index in [9.17, 15) is 9.59 Å². The van der Waals surface area contributed by atoms with Gasteiger partial charge in [0.05, 0.1) is 23.3 Å². The van der Waals surface area contributed by atoms with Crippen LogP contribution in [0.2, 0.25) is 0 Å². The Kier molecular flexibility index (Phi) is 4.21. The second-order valence-electron chi connectivity index (χ2n) is 6.05. The van der Waals surface area contributed by atoms with Crippen LogP contribution in [0.15, 0.2) is 65.3 Å². The third kappa shape index (κ3) is 3.32. The molecule has 27 heavy (non-hydrogen) atoms. The molecule has 2 N–H and O–H groups in total. The van der Waals surface area contributed by atoms with E-state index in [0.717, 1.165) is 17.1 Å².